The molecule has 15 aliphatic rings. The van der Waals surface area contributed by atoms with E-state index >= 15 is 0 Å². The number of nitrogens with zero attached hydrogens (tertiary/aromatic N) is 4. The molecule has 76 heavy (non-hydrogen) atoms. The van der Waals surface area contributed by atoms with Gasteiger partial charge in [-0.1, -0.05) is 77.0 Å². The molecule has 4 N–H and O–H groups in total. The number of hydrogen-bond donors (Lipinski definition) is 4. The SMILES string of the molecule is C1CCC(N(C2CCCCC2)C2CCC3C(C2)C2CNCCC2N3C2CCC(C3NC4CC5OC(C6CCC(N7C8CCNCC8C8CC(N(C9CCCCC9)C9CCCCC9)CCC87)CC6)NC5CC4O3)CC2)CC1. The summed E-state index contributed by atoms with van der Waals surface area (Å²) in [4.78, 5) is 13.0. The standard InChI is InChI=1S/C66H112N8O2/c1-5-13-45(14-6-1)71(46-15-7-2-8-16-46)51-29-31-59-53(37-51)55-41-67-35-33-61(55)73(59)49-25-21-43(22-26-49)65-69-57-39-64-58(40-63(57)75-65)70-66(76-64)44-23-27-50(28-24-44)74-60-32-30-52(38-54(60)56-42-68-36-34-62(56)74)72(47-17-9-3-10-18-47)48-19-11-4-12-20-48/h43-70H,1-42H2. The van der Waals surface area contributed by atoms with Crippen LogP contribution >= 0.6 is 0 Å². The fourth-order valence-electron chi connectivity index (χ4n) is 23.3. The van der Waals surface area contributed by atoms with Gasteiger partial charge in [0.25, 0.3) is 0 Å². The van der Waals surface area contributed by atoms with Crippen molar-refractivity contribution in [1.82, 2.24) is 40.9 Å². The highest BCUT2D eigenvalue weighted by Crippen LogP contribution is 2.53. The number of piperidine rings is 2. The summed E-state index contributed by atoms with van der Waals surface area (Å²) in [6.45, 7) is 5.02. The van der Waals surface area contributed by atoms with Gasteiger partial charge in [-0.25, -0.2) is 0 Å². The molecule has 0 amide bonds. The lowest BCUT2D eigenvalue weighted by molar-refractivity contribution is -0.0497. The van der Waals surface area contributed by atoms with Crippen molar-refractivity contribution >= 4 is 0 Å². The summed E-state index contributed by atoms with van der Waals surface area (Å²) in [5.41, 5.74) is 0. The Hall–Kier alpha value is -0.400. The highest BCUT2D eigenvalue weighted by molar-refractivity contribution is 5.12. The molecule has 9 aliphatic carbocycles. The average Bonchev–Trinajstić information content (AvgIpc) is 4.32. The molecular weight excluding hydrogens is 937 g/mol. The van der Waals surface area contributed by atoms with Gasteiger partial charge in [-0.05, 0) is 229 Å². The van der Waals surface area contributed by atoms with Crippen LogP contribution in [0.3, 0.4) is 0 Å². The summed E-state index contributed by atoms with van der Waals surface area (Å²) in [7, 11) is 0. The van der Waals surface area contributed by atoms with Crippen LogP contribution in [0.25, 0.3) is 0 Å². The van der Waals surface area contributed by atoms with Crippen molar-refractivity contribution in [3.63, 3.8) is 0 Å². The predicted molar refractivity (Wildman–Crippen MR) is 306 cm³/mol. The van der Waals surface area contributed by atoms with E-state index in [1.807, 2.05) is 0 Å². The highest BCUT2D eigenvalue weighted by Gasteiger charge is 2.58. The van der Waals surface area contributed by atoms with Crippen molar-refractivity contribution in [2.45, 2.75) is 353 Å². The predicted octanol–water partition coefficient (Wildman–Crippen LogP) is 10.9. The van der Waals surface area contributed by atoms with E-state index in [1.165, 1.54) is 257 Å². The van der Waals surface area contributed by atoms with E-state index < -0.39 is 0 Å². The fraction of sp³-hybridized carbons (Fsp3) is 1.00. The van der Waals surface area contributed by atoms with Crippen LogP contribution in [0.15, 0.2) is 0 Å². The van der Waals surface area contributed by atoms with Crippen LogP contribution in [0.5, 0.6) is 0 Å². The molecule has 0 radical (unpaired) electrons. The minimum atomic E-state index is 0.243. The third-order valence-electron chi connectivity index (χ3n) is 26.6. The van der Waals surface area contributed by atoms with Gasteiger partial charge in [0.1, 0.15) is 12.5 Å². The Morgan fingerprint density at radius 1 is 0.316 bits per heavy atom. The Labute approximate surface area is 463 Å². The van der Waals surface area contributed by atoms with Gasteiger partial charge in [-0.2, -0.15) is 0 Å². The molecule has 15 rings (SSSR count). The topological polar surface area (TPSA) is 79.5 Å². The summed E-state index contributed by atoms with van der Waals surface area (Å²) in [6, 6.07) is 11.0. The summed E-state index contributed by atoms with van der Waals surface area (Å²) < 4.78 is 14.3. The molecule has 9 saturated carbocycles. The lowest BCUT2D eigenvalue weighted by atomic mass is 9.73. The molecule has 0 aromatic rings. The molecule has 0 aromatic carbocycles. The second-order valence-corrected chi connectivity index (χ2v) is 30.1. The van der Waals surface area contributed by atoms with Gasteiger partial charge in [0, 0.05) is 84.6 Å². The number of rotatable bonds is 10. The quantitative estimate of drug-likeness (QED) is 0.170. The molecular formula is C66H112N8O2. The molecule has 6 saturated heterocycles. The van der Waals surface area contributed by atoms with Gasteiger partial charge >= 0.3 is 0 Å². The van der Waals surface area contributed by atoms with Crippen LogP contribution in [-0.2, 0) is 9.47 Å². The molecule has 10 nitrogen and oxygen atoms in total. The number of hydrogen-bond acceptors (Lipinski definition) is 10. The Balaban J connectivity index is 0.533. The minimum absolute atomic E-state index is 0.243. The third kappa shape index (κ3) is 10.1. The van der Waals surface area contributed by atoms with E-state index in [2.05, 4.69) is 40.9 Å². The Morgan fingerprint density at radius 3 is 1.04 bits per heavy atom. The first-order chi connectivity index (χ1) is 37.7. The molecule has 10 heteroatoms. The van der Waals surface area contributed by atoms with E-state index in [0.717, 1.165) is 109 Å². The van der Waals surface area contributed by atoms with Crippen molar-refractivity contribution in [3.8, 4) is 0 Å². The van der Waals surface area contributed by atoms with Gasteiger partial charge in [0.15, 0.2) is 0 Å². The number of ether oxygens (including phenoxy) is 2. The Kier molecular flexibility index (Phi) is 16.1. The van der Waals surface area contributed by atoms with Crippen LogP contribution in [-0.4, -0.2) is 155 Å². The molecule has 0 bridgehead atoms. The summed E-state index contributed by atoms with van der Waals surface area (Å²) in [6.07, 6.45) is 55.6. The molecule has 6 aliphatic heterocycles. The van der Waals surface area contributed by atoms with E-state index in [9.17, 15) is 0 Å². The van der Waals surface area contributed by atoms with Crippen molar-refractivity contribution in [2.75, 3.05) is 26.2 Å². The maximum absolute atomic E-state index is 7.15. The van der Waals surface area contributed by atoms with Gasteiger partial charge in [0.05, 0.1) is 12.2 Å². The minimum Gasteiger partial charge on any atom is -0.358 e. The van der Waals surface area contributed by atoms with Gasteiger partial charge in [-0.3, -0.25) is 30.2 Å². The van der Waals surface area contributed by atoms with E-state index in [1.54, 1.807) is 0 Å². The first-order valence-electron chi connectivity index (χ1n) is 35.0. The lowest BCUT2D eigenvalue weighted by Gasteiger charge is -2.50. The second-order valence-electron chi connectivity index (χ2n) is 30.1. The Morgan fingerprint density at radius 2 is 0.671 bits per heavy atom. The molecule has 6 heterocycles. The second kappa shape index (κ2) is 23.3. The maximum atomic E-state index is 7.15. The van der Waals surface area contributed by atoms with E-state index in [-0.39, 0.29) is 12.5 Å². The monoisotopic (exact) mass is 1050 g/mol. The molecule has 428 valence electrons. The van der Waals surface area contributed by atoms with Gasteiger partial charge in [-0.15, -0.1) is 0 Å². The van der Waals surface area contributed by atoms with Crippen LogP contribution in [0, 0.1) is 35.5 Å². The van der Waals surface area contributed by atoms with Crippen LogP contribution in [0.2, 0.25) is 0 Å². The third-order valence-corrected chi connectivity index (χ3v) is 26.6. The van der Waals surface area contributed by atoms with E-state index in [0.29, 0.717) is 36.1 Å². The number of likely N-dealkylation sites (tertiary alicyclic amines) is 2. The average molecular weight is 1050 g/mol. The zero-order valence-corrected chi connectivity index (χ0v) is 48.2. The van der Waals surface area contributed by atoms with Gasteiger partial charge < -0.3 is 20.1 Å². The summed E-state index contributed by atoms with van der Waals surface area (Å²) in [5.74, 6) is 4.87. The summed E-state index contributed by atoms with van der Waals surface area (Å²) >= 11 is 0. The molecule has 0 aromatic heterocycles. The fourth-order valence-corrected chi connectivity index (χ4v) is 23.3. The number of nitrogens with one attached hydrogen (secondary N) is 4. The zero-order chi connectivity index (χ0) is 50.1. The molecule has 0 spiro atoms. The molecule has 16 atom stereocenters. The van der Waals surface area contributed by atoms with Crippen LogP contribution in [0.1, 0.15) is 244 Å². The van der Waals surface area contributed by atoms with Crippen LogP contribution in [0.4, 0.5) is 0 Å². The highest BCUT2D eigenvalue weighted by atomic mass is 16.5. The number of fused-ring (bicyclic) bond motifs is 8. The van der Waals surface area contributed by atoms with Crippen LogP contribution < -0.4 is 21.3 Å². The van der Waals surface area contributed by atoms with Crippen molar-refractivity contribution in [2.24, 2.45) is 35.5 Å². The lowest BCUT2D eigenvalue weighted by Crippen LogP contribution is -2.55. The first kappa shape index (κ1) is 52.4. The normalized spacial score (nSPS) is 48.6. The largest absolute Gasteiger partial charge is 0.358 e. The maximum Gasteiger partial charge on any atom is 0.111 e. The van der Waals surface area contributed by atoms with E-state index in [4.69, 9.17) is 9.47 Å². The van der Waals surface area contributed by atoms with Crippen molar-refractivity contribution in [1.29, 1.82) is 0 Å². The van der Waals surface area contributed by atoms with Gasteiger partial charge in [0.2, 0.25) is 0 Å². The zero-order valence-electron chi connectivity index (χ0n) is 48.2. The van der Waals surface area contributed by atoms with Crippen molar-refractivity contribution in [3.05, 3.63) is 0 Å². The summed E-state index contributed by atoms with van der Waals surface area (Å²) in [5, 5.41) is 16.2. The van der Waals surface area contributed by atoms with Crippen molar-refractivity contribution < 1.29 is 9.47 Å². The first-order valence-corrected chi connectivity index (χ1v) is 35.0. The molecule has 16 unspecified atom stereocenters. The smallest absolute Gasteiger partial charge is 0.111 e. The Bertz CT molecular complexity index is 1680. The molecule has 15 fully saturated rings.